The SMILES string of the molecule is O=C(/C=C/c1ccccc1Cl)Nc1nn(Cc2ccc(Cl)cc2)cc1Br. The summed E-state index contributed by atoms with van der Waals surface area (Å²) in [5.74, 6) is 0.162. The Morgan fingerprint density at radius 3 is 2.62 bits per heavy atom. The van der Waals surface area contributed by atoms with E-state index in [0.717, 1.165) is 11.1 Å². The lowest BCUT2D eigenvalue weighted by Crippen LogP contribution is -2.09. The zero-order chi connectivity index (χ0) is 18.5. The molecule has 0 saturated carbocycles. The van der Waals surface area contributed by atoms with Crippen LogP contribution >= 0.6 is 39.1 Å². The van der Waals surface area contributed by atoms with Crippen LogP contribution in [0.4, 0.5) is 5.82 Å². The Hall–Kier alpha value is -2.08. The molecule has 26 heavy (non-hydrogen) atoms. The lowest BCUT2D eigenvalue weighted by molar-refractivity contribution is -0.111. The first-order valence-corrected chi connectivity index (χ1v) is 9.27. The van der Waals surface area contributed by atoms with Crippen LogP contribution in [-0.2, 0) is 11.3 Å². The Morgan fingerprint density at radius 1 is 1.15 bits per heavy atom. The summed E-state index contributed by atoms with van der Waals surface area (Å²) in [7, 11) is 0. The lowest BCUT2D eigenvalue weighted by atomic mass is 10.2. The van der Waals surface area contributed by atoms with E-state index in [2.05, 4.69) is 26.3 Å². The maximum Gasteiger partial charge on any atom is 0.249 e. The molecule has 0 spiro atoms. The van der Waals surface area contributed by atoms with Gasteiger partial charge in [0, 0.05) is 22.3 Å². The second kappa shape index (κ2) is 8.54. The van der Waals surface area contributed by atoms with Crippen molar-refractivity contribution in [3.63, 3.8) is 0 Å². The number of carbonyl (C=O) groups is 1. The maximum atomic E-state index is 12.1. The molecular weight excluding hydrogens is 437 g/mol. The zero-order valence-electron chi connectivity index (χ0n) is 13.5. The third-order valence-electron chi connectivity index (χ3n) is 3.54. The molecule has 3 rings (SSSR count). The average Bonchev–Trinajstić information content (AvgIpc) is 2.95. The number of hydrogen-bond acceptors (Lipinski definition) is 2. The number of rotatable bonds is 5. The smallest absolute Gasteiger partial charge is 0.249 e. The predicted octanol–water partition coefficient (Wildman–Crippen LogP) is 5.65. The maximum absolute atomic E-state index is 12.1. The minimum Gasteiger partial charge on any atom is -0.305 e. The minimum absolute atomic E-state index is 0.289. The van der Waals surface area contributed by atoms with Crippen molar-refractivity contribution in [2.45, 2.75) is 6.54 Å². The number of aromatic nitrogens is 2. The van der Waals surface area contributed by atoms with Crippen molar-refractivity contribution in [1.29, 1.82) is 0 Å². The second-order valence-electron chi connectivity index (χ2n) is 5.49. The molecule has 1 amide bonds. The fourth-order valence-corrected chi connectivity index (χ4v) is 3.01. The first-order chi connectivity index (χ1) is 12.5. The van der Waals surface area contributed by atoms with Crippen LogP contribution in [0.2, 0.25) is 10.0 Å². The highest BCUT2D eigenvalue weighted by molar-refractivity contribution is 9.10. The Bertz CT molecular complexity index is 952. The molecule has 0 aliphatic rings. The first kappa shape index (κ1) is 18.7. The van der Waals surface area contributed by atoms with Crippen LogP contribution in [0.25, 0.3) is 6.08 Å². The number of hydrogen-bond donors (Lipinski definition) is 1. The molecule has 2 aromatic carbocycles. The summed E-state index contributed by atoms with van der Waals surface area (Å²) in [6.07, 6.45) is 4.89. The minimum atomic E-state index is -0.289. The summed E-state index contributed by atoms with van der Waals surface area (Å²) in [6.45, 7) is 0.571. The standard InChI is InChI=1S/C19H14BrCl2N3O/c20-16-12-25(11-13-5-8-15(21)9-6-13)24-19(16)23-18(26)10-7-14-3-1-2-4-17(14)22/h1-10,12H,11H2,(H,23,24,26)/b10-7+. The van der Waals surface area contributed by atoms with Crippen LogP contribution in [0.1, 0.15) is 11.1 Å². The molecule has 1 heterocycles. The number of amides is 1. The van der Waals surface area contributed by atoms with Crippen molar-refractivity contribution in [3.05, 3.63) is 86.4 Å². The number of carbonyl (C=O) groups excluding carboxylic acids is 1. The van der Waals surface area contributed by atoms with Crippen LogP contribution in [0.3, 0.4) is 0 Å². The number of nitrogens with one attached hydrogen (secondary N) is 1. The van der Waals surface area contributed by atoms with Gasteiger partial charge in [-0.05, 0) is 51.3 Å². The van der Waals surface area contributed by atoms with Crippen molar-refractivity contribution in [2.24, 2.45) is 0 Å². The van der Waals surface area contributed by atoms with Gasteiger partial charge in [-0.3, -0.25) is 9.48 Å². The first-order valence-electron chi connectivity index (χ1n) is 7.72. The molecule has 4 nitrogen and oxygen atoms in total. The van der Waals surface area contributed by atoms with Gasteiger partial charge in [-0.15, -0.1) is 0 Å². The van der Waals surface area contributed by atoms with Gasteiger partial charge in [0.25, 0.3) is 0 Å². The van der Waals surface area contributed by atoms with E-state index in [4.69, 9.17) is 23.2 Å². The predicted molar refractivity (Wildman–Crippen MR) is 110 cm³/mol. The second-order valence-corrected chi connectivity index (χ2v) is 7.19. The molecule has 0 atom stereocenters. The van der Waals surface area contributed by atoms with E-state index < -0.39 is 0 Å². The molecule has 0 aliphatic carbocycles. The van der Waals surface area contributed by atoms with E-state index in [1.54, 1.807) is 16.8 Å². The van der Waals surface area contributed by atoms with Gasteiger partial charge in [0.15, 0.2) is 5.82 Å². The summed E-state index contributed by atoms with van der Waals surface area (Å²) < 4.78 is 2.44. The summed E-state index contributed by atoms with van der Waals surface area (Å²) in [5.41, 5.74) is 1.83. The summed E-state index contributed by atoms with van der Waals surface area (Å²) >= 11 is 15.4. The fourth-order valence-electron chi connectivity index (χ4n) is 2.27. The van der Waals surface area contributed by atoms with Gasteiger partial charge < -0.3 is 5.32 Å². The van der Waals surface area contributed by atoms with Gasteiger partial charge in [-0.25, -0.2) is 0 Å². The largest absolute Gasteiger partial charge is 0.305 e. The van der Waals surface area contributed by atoms with E-state index in [0.29, 0.717) is 26.9 Å². The van der Waals surface area contributed by atoms with Crippen LogP contribution < -0.4 is 5.32 Å². The zero-order valence-corrected chi connectivity index (χ0v) is 16.6. The summed E-state index contributed by atoms with van der Waals surface area (Å²) in [5, 5.41) is 8.41. The molecular formula is C19H14BrCl2N3O. The van der Waals surface area contributed by atoms with Gasteiger partial charge in [0.1, 0.15) is 0 Å². The normalized spacial score (nSPS) is 11.0. The molecule has 1 N–H and O–H groups in total. The van der Waals surface area contributed by atoms with Crippen molar-refractivity contribution in [1.82, 2.24) is 9.78 Å². The summed E-state index contributed by atoms with van der Waals surface area (Å²) in [6, 6.07) is 14.8. The Morgan fingerprint density at radius 2 is 1.88 bits per heavy atom. The molecule has 132 valence electrons. The van der Waals surface area contributed by atoms with E-state index in [1.807, 2.05) is 48.7 Å². The van der Waals surface area contributed by atoms with Gasteiger partial charge in [-0.1, -0.05) is 53.5 Å². The molecule has 0 unspecified atom stereocenters. The third kappa shape index (κ3) is 4.97. The van der Waals surface area contributed by atoms with Gasteiger partial charge in [-0.2, -0.15) is 5.10 Å². The lowest BCUT2D eigenvalue weighted by Gasteiger charge is -2.02. The quantitative estimate of drug-likeness (QED) is 0.510. The topological polar surface area (TPSA) is 46.9 Å². The molecule has 0 radical (unpaired) electrons. The summed E-state index contributed by atoms with van der Waals surface area (Å²) in [4.78, 5) is 12.1. The highest BCUT2D eigenvalue weighted by atomic mass is 79.9. The average molecular weight is 451 g/mol. The highest BCUT2D eigenvalue weighted by Crippen LogP contribution is 2.21. The van der Waals surface area contributed by atoms with Gasteiger partial charge in [0.2, 0.25) is 5.91 Å². The van der Waals surface area contributed by atoms with Crippen molar-refractivity contribution in [2.75, 3.05) is 5.32 Å². The Labute approximate surface area is 169 Å². The third-order valence-corrected chi connectivity index (χ3v) is 4.71. The van der Waals surface area contributed by atoms with E-state index >= 15 is 0 Å². The number of anilines is 1. The van der Waals surface area contributed by atoms with Crippen LogP contribution in [0.15, 0.2) is 65.3 Å². The van der Waals surface area contributed by atoms with Crippen molar-refractivity contribution >= 4 is 56.9 Å². The molecule has 0 fully saturated rings. The molecule has 3 aromatic rings. The van der Waals surface area contributed by atoms with E-state index in [1.165, 1.54) is 6.08 Å². The highest BCUT2D eigenvalue weighted by Gasteiger charge is 2.09. The Balaban J connectivity index is 1.66. The van der Waals surface area contributed by atoms with E-state index in [9.17, 15) is 4.79 Å². The van der Waals surface area contributed by atoms with Crippen LogP contribution in [0.5, 0.6) is 0 Å². The molecule has 7 heteroatoms. The van der Waals surface area contributed by atoms with Crippen LogP contribution in [-0.4, -0.2) is 15.7 Å². The van der Waals surface area contributed by atoms with Crippen LogP contribution in [0, 0.1) is 0 Å². The van der Waals surface area contributed by atoms with Gasteiger partial charge in [0.05, 0.1) is 11.0 Å². The van der Waals surface area contributed by atoms with E-state index in [-0.39, 0.29) is 5.91 Å². The number of nitrogens with zero attached hydrogens (tertiary/aromatic N) is 2. The van der Waals surface area contributed by atoms with Crippen molar-refractivity contribution < 1.29 is 4.79 Å². The molecule has 0 aliphatic heterocycles. The fraction of sp³-hybridized carbons (Fsp3) is 0.0526. The number of halogens is 3. The molecule has 1 aromatic heterocycles. The molecule has 0 bridgehead atoms. The van der Waals surface area contributed by atoms with Gasteiger partial charge >= 0.3 is 0 Å². The van der Waals surface area contributed by atoms with Crippen molar-refractivity contribution in [3.8, 4) is 0 Å². The number of benzene rings is 2. The Kier molecular flexibility index (Phi) is 6.14. The monoisotopic (exact) mass is 449 g/mol. The molecule has 0 saturated heterocycles.